The van der Waals surface area contributed by atoms with E-state index in [0.29, 0.717) is 24.9 Å². The number of hydrogen-bond acceptors (Lipinski definition) is 5. The Kier molecular flexibility index (Phi) is 5.63. The van der Waals surface area contributed by atoms with Gasteiger partial charge < -0.3 is 9.64 Å². The zero-order valence-electron chi connectivity index (χ0n) is 16.1. The molecule has 1 aromatic carbocycles. The van der Waals surface area contributed by atoms with Crippen LogP contribution in [0.15, 0.2) is 30.9 Å². The van der Waals surface area contributed by atoms with E-state index in [1.54, 1.807) is 4.90 Å². The van der Waals surface area contributed by atoms with Crippen molar-refractivity contribution in [3.05, 3.63) is 47.5 Å². The van der Waals surface area contributed by atoms with Gasteiger partial charge in [0.15, 0.2) is 6.61 Å². The van der Waals surface area contributed by atoms with E-state index in [2.05, 4.69) is 20.4 Å². The Morgan fingerprint density at radius 1 is 1.14 bits per heavy atom. The fourth-order valence-corrected chi connectivity index (χ4v) is 3.88. The molecule has 2 heterocycles. The predicted octanol–water partition coefficient (Wildman–Crippen LogP) is 2.13. The average molecular weight is 384 g/mol. The minimum absolute atomic E-state index is 0.104. The van der Waals surface area contributed by atoms with E-state index in [1.807, 2.05) is 0 Å². The van der Waals surface area contributed by atoms with E-state index in [4.69, 9.17) is 4.74 Å². The number of piperidine rings is 1. The molecule has 1 saturated heterocycles. The van der Waals surface area contributed by atoms with Crippen LogP contribution >= 0.6 is 0 Å². The fraction of sp³-hybridized carbons (Fsp3) is 0.429. The Morgan fingerprint density at radius 2 is 1.79 bits per heavy atom. The van der Waals surface area contributed by atoms with Crippen molar-refractivity contribution in [2.75, 3.05) is 26.2 Å². The molecule has 3 rings (SSSR count). The number of benzene rings is 1. The molecule has 3 amide bonds. The summed E-state index contributed by atoms with van der Waals surface area (Å²) in [5.74, 6) is -0.970. The van der Waals surface area contributed by atoms with Crippen molar-refractivity contribution in [2.45, 2.75) is 20.3 Å². The van der Waals surface area contributed by atoms with E-state index in [9.17, 15) is 19.2 Å². The molecule has 2 aliphatic heterocycles. The quantitative estimate of drug-likeness (QED) is 0.441. The van der Waals surface area contributed by atoms with Gasteiger partial charge in [-0.25, -0.2) is 4.79 Å². The number of ether oxygens (including phenoxy) is 1. The van der Waals surface area contributed by atoms with Crippen LogP contribution < -0.4 is 0 Å². The molecule has 0 N–H and O–H groups in total. The topological polar surface area (TPSA) is 84.0 Å². The lowest BCUT2D eigenvalue weighted by atomic mass is 9.92. The minimum atomic E-state index is -0.698. The third-order valence-corrected chi connectivity index (χ3v) is 5.07. The van der Waals surface area contributed by atoms with Crippen LogP contribution in [0.2, 0.25) is 0 Å². The van der Waals surface area contributed by atoms with Crippen LogP contribution in [0.4, 0.5) is 0 Å². The van der Waals surface area contributed by atoms with Gasteiger partial charge >= 0.3 is 5.97 Å². The van der Waals surface area contributed by atoms with Gasteiger partial charge in [0.2, 0.25) is 0 Å². The number of esters is 1. The van der Waals surface area contributed by atoms with Gasteiger partial charge in [-0.2, -0.15) is 0 Å². The van der Waals surface area contributed by atoms with Crippen LogP contribution in [0.5, 0.6) is 0 Å². The van der Waals surface area contributed by atoms with Crippen molar-refractivity contribution in [1.82, 2.24) is 9.80 Å². The molecule has 2 atom stereocenters. The molecule has 0 aliphatic carbocycles. The Morgan fingerprint density at radius 3 is 2.43 bits per heavy atom. The third kappa shape index (κ3) is 3.83. The van der Waals surface area contributed by atoms with Crippen molar-refractivity contribution in [2.24, 2.45) is 11.8 Å². The summed E-state index contributed by atoms with van der Waals surface area (Å²) in [7, 11) is 0. The van der Waals surface area contributed by atoms with E-state index < -0.39 is 17.8 Å². The van der Waals surface area contributed by atoms with Gasteiger partial charge in [0.05, 0.1) is 16.7 Å². The monoisotopic (exact) mass is 384 g/mol. The fourth-order valence-electron chi connectivity index (χ4n) is 3.88. The van der Waals surface area contributed by atoms with Crippen LogP contribution in [0.25, 0.3) is 0 Å². The number of nitrogens with zero attached hydrogens (tertiary/aromatic N) is 2. The highest BCUT2D eigenvalue weighted by Gasteiger charge is 2.35. The number of hydrogen-bond donors (Lipinski definition) is 0. The SMILES string of the molecule is C=CCN1C(=O)c2ccc(C(=O)OCC(=O)N3C[C@@H](C)C[C@H](C)C3)cc2C1=O. The highest BCUT2D eigenvalue weighted by molar-refractivity contribution is 6.22. The first-order valence-electron chi connectivity index (χ1n) is 9.37. The van der Waals surface area contributed by atoms with Crippen molar-refractivity contribution in [1.29, 1.82) is 0 Å². The summed E-state index contributed by atoms with van der Waals surface area (Å²) in [5.41, 5.74) is 0.538. The first-order valence-corrected chi connectivity index (χ1v) is 9.37. The van der Waals surface area contributed by atoms with E-state index in [1.165, 1.54) is 24.3 Å². The molecule has 0 aromatic heterocycles. The summed E-state index contributed by atoms with van der Waals surface area (Å²) in [6, 6.07) is 4.21. The van der Waals surface area contributed by atoms with Gasteiger partial charge in [-0.1, -0.05) is 19.9 Å². The highest BCUT2D eigenvalue weighted by Crippen LogP contribution is 2.24. The first kappa shape index (κ1) is 19.8. The summed E-state index contributed by atoms with van der Waals surface area (Å²) >= 11 is 0. The van der Waals surface area contributed by atoms with Gasteiger partial charge in [0.25, 0.3) is 17.7 Å². The molecule has 7 nitrogen and oxygen atoms in total. The second-order valence-corrected chi connectivity index (χ2v) is 7.59. The number of rotatable bonds is 5. The molecule has 2 aliphatic rings. The number of fused-ring (bicyclic) bond motifs is 1. The molecule has 28 heavy (non-hydrogen) atoms. The largest absolute Gasteiger partial charge is 0.452 e. The van der Waals surface area contributed by atoms with Crippen LogP contribution in [0.1, 0.15) is 51.3 Å². The number of amides is 3. The Bertz CT molecular complexity index is 837. The standard InChI is InChI=1S/C21H24N2O5/c1-4-7-23-19(25)16-6-5-15(9-17(16)20(23)26)21(27)28-12-18(24)22-10-13(2)8-14(3)11-22/h4-6,9,13-14H,1,7-8,10-12H2,2-3H3/t13-,14-/m0/s1. The molecule has 0 bridgehead atoms. The summed E-state index contributed by atoms with van der Waals surface area (Å²) < 4.78 is 5.15. The molecule has 0 unspecified atom stereocenters. The Balaban J connectivity index is 1.65. The summed E-state index contributed by atoms with van der Waals surface area (Å²) in [6.45, 7) is 8.82. The van der Waals surface area contributed by atoms with Crippen molar-refractivity contribution >= 4 is 23.7 Å². The maximum Gasteiger partial charge on any atom is 0.338 e. The number of likely N-dealkylation sites (tertiary alicyclic amines) is 1. The van der Waals surface area contributed by atoms with Crippen LogP contribution in [-0.4, -0.2) is 59.7 Å². The molecule has 148 valence electrons. The molecule has 7 heteroatoms. The summed E-state index contributed by atoms with van der Waals surface area (Å²) in [6.07, 6.45) is 2.54. The molecular formula is C21H24N2O5. The highest BCUT2D eigenvalue weighted by atomic mass is 16.5. The van der Waals surface area contributed by atoms with Gasteiger partial charge in [-0.05, 0) is 36.5 Å². The van der Waals surface area contributed by atoms with Gasteiger partial charge in [0, 0.05) is 19.6 Å². The summed E-state index contributed by atoms with van der Waals surface area (Å²) in [5, 5.41) is 0. The van der Waals surface area contributed by atoms with Crippen molar-refractivity contribution in [3.63, 3.8) is 0 Å². The minimum Gasteiger partial charge on any atom is -0.452 e. The van der Waals surface area contributed by atoms with Crippen LogP contribution in [0.3, 0.4) is 0 Å². The van der Waals surface area contributed by atoms with Gasteiger partial charge in [0.1, 0.15) is 0 Å². The van der Waals surface area contributed by atoms with E-state index in [0.717, 1.165) is 11.3 Å². The zero-order chi connectivity index (χ0) is 20.4. The molecule has 0 saturated carbocycles. The molecular weight excluding hydrogens is 360 g/mol. The second-order valence-electron chi connectivity index (χ2n) is 7.59. The van der Waals surface area contributed by atoms with Gasteiger partial charge in [-0.3, -0.25) is 19.3 Å². The lowest BCUT2D eigenvalue weighted by Gasteiger charge is -2.34. The van der Waals surface area contributed by atoms with Crippen molar-refractivity contribution < 1.29 is 23.9 Å². The number of carbonyl (C=O) groups excluding carboxylic acids is 4. The maximum absolute atomic E-state index is 12.4. The first-order chi connectivity index (χ1) is 13.3. The maximum atomic E-state index is 12.4. The molecule has 1 aromatic rings. The van der Waals surface area contributed by atoms with Crippen LogP contribution in [-0.2, 0) is 9.53 Å². The summed E-state index contributed by atoms with van der Waals surface area (Å²) in [4.78, 5) is 52.0. The molecule has 1 fully saturated rings. The molecule has 0 spiro atoms. The predicted molar refractivity (Wildman–Crippen MR) is 102 cm³/mol. The van der Waals surface area contributed by atoms with Crippen molar-refractivity contribution in [3.8, 4) is 0 Å². The number of imide groups is 1. The zero-order valence-corrected chi connectivity index (χ0v) is 16.1. The Labute approximate surface area is 163 Å². The smallest absolute Gasteiger partial charge is 0.338 e. The number of carbonyl (C=O) groups is 4. The van der Waals surface area contributed by atoms with E-state index >= 15 is 0 Å². The van der Waals surface area contributed by atoms with E-state index in [-0.39, 0.29) is 35.7 Å². The molecule has 0 radical (unpaired) electrons. The normalized spacial score (nSPS) is 21.5. The Hall–Kier alpha value is -2.96. The third-order valence-electron chi connectivity index (χ3n) is 5.07. The van der Waals surface area contributed by atoms with Crippen LogP contribution in [0, 0.1) is 11.8 Å². The second kappa shape index (κ2) is 7.96. The average Bonchev–Trinajstić information content (AvgIpc) is 2.90. The lowest BCUT2D eigenvalue weighted by molar-refractivity contribution is -0.137. The van der Waals surface area contributed by atoms with Gasteiger partial charge in [-0.15, -0.1) is 6.58 Å². The lowest BCUT2D eigenvalue weighted by Crippen LogP contribution is -2.44.